The summed E-state index contributed by atoms with van der Waals surface area (Å²) in [4.78, 5) is 4.51. The van der Waals surface area contributed by atoms with Crippen LogP contribution >= 0.6 is 0 Å². The number of unbranched alkanes of at least 4 members (excludes halogenated alkanes) is 5. The summed E-state index contributed by atoms with van der Waals surface area (Å²) in [6.45, 7) is 4.90. The van der Waals surface area contributed by atoms with E-state index in [9.17, 15) is 0 Å². The van der Waals surface area contributed by atoms with Gasteiger partial charge in [-0.3, -0.25) is 15.8 Å². The molecule has 2 rings (SSSR count). The molecule has 0 radical (unpaired) electrons. The average molecular weight is 445 g/mol. The minimum Gasteiger partial charge on any atom is -0.494 e. The molecule has 0 atom stereocenters. The Kier molecular flexibility index (Phi) is 12.5. The zero-order valence-electron chi connectivity index (χ0n) is 19.1. The number of hydrogen-bond donors (Lipinski definition) is 7. The fourth-order valence-corrected chi connectivity index (χ4v) is 3.34. The molecule has 9 nitrogen and oxygen atoms in total. The van der Waals surface area contributed by atoms with Gasteiger partial charge in [-0.2, -0.15) is 0 Å². The number of hydrogen-bond acceptors (Lipinski definition) is 5. The van der Waals surface area contributed by atoms with Gasteiger partial charge in [-0.15, -0.1) is 0 Å². The molecule has 178 valence electrons. The largest absolute Gasteiger partial charge is 0.494 e. The Morgan fingerprint density at radius 3 is 2.16 bits per heavy atom. The molecule has 0 fully saturated rings. The molecule has 0 spiro atoms. The summed E-state index contributed by atoms with van der Waals surface area (Å²) in [7, 11) is 0. The van der Waals surface area contributed by atoms with Crippen LogP contribution in [0, 0.1) is 10.8 Å². The molecule has 9 heteroatoms. The molecule has 8 N–H and O–H groups in total. The van der Waals surface area contributed by atoms with Gasteiger partial charge in [0.15, 0.2) is 11.9 Å². The zero-order chi connectivity index (χ0) is 22.9. The van der Waals surface area contributed by atoms with Crippen LogP contribution in [0.25, 0.3) is 0 Å². The van der Waals surface area contributed by atoms with Crippen LogP contribution in [0.3, 0.4) is 0 Å². The standard InChI is InChI=1S/C23H40N8O/c24-22(25)29-13-4-2-1-3-5-14-30-23(26)31-15-6-7-18-32-20-11-9-19(10-12-20)21-27-16-8-17-28-21/h9-12H,1-8,13-18H2,(H,27,28)(H4,24,25,29)(H3,26,30,31). The van der Waals surface area contributed by atoms with Crippen molar-refractivity contribution in [2.45, 2.75) is 51.4 Å². The SMILES string of the molecule is N=C(N)NCCCCCCCNC(=N)NCCCCOc1ccc(C2=NCCCN2)cc1. The molecule has 1 aliphatic rings. The topological polar surface area (TPSA) is 143 Å². The molecule has 0 amide bonds. The first-order valence-corrected chi connectivity index (χ1v) is 11.8. The van der Waals surface area contributed by atoms with E-state index in [1.807, 2.05) is 24.3 Å². The molecule has 1 aromatic rings. The van der Waals surface area contributed by atoms with Gasteiger partial charge in [0.25, 0.3) is 0 Å². The molecule has 0 bridgehead atoms. The second kappa shape index (κ2) is 15.8. The summed E-state index contributed by atoms with van der Waals surface area (Å²) in [6, 6.07) is 8.09. The quantitative estimate of drug-likeness (QED) is 0.125. The van der Waals surface area contributed by atoms with Crippen molar-refractivity contribution in [3.8, 4) is 5.75 Å². The number of guanidine groups is 2. The lowest BCUT2D eigenvalue weighted by molar-refractivity contribution is 0.307. The van der Waals surface area contributed by atoms with Gasteiger partial charge in [0, 0.05) is 38.3 Å². The van der Waals surface area contributed by atoms with Gasteiger partial charge in [-0.05, 0) is 56.4 Å². The number of rotatable bonds is 15. The maximum absolute atomic E-state index is 7.91. The van der Waals surface area contributed by atoms with Crippen LogP contribution < -0.4 is 31.7 Å². The third-order valence-corrected chi connectivity index (χ3v) is 5.14. The minimum atomic E-state index is 0.0428. The van der Waals surface area contributed by atoms with Crippen molar-refractivity contribution < 1.29 is 4.74 Å². The van der Waals surface area contributed by atoms with Gasteiger partial charge in [0.2, 0.25) is 0 Å². The first-order valence-electron chi connectivity index (χ1n) is 11.8. The monoisotopic (exact) mass is 444 g/mol. The van der Waals surface area contributed by atoms with E-state index >= 15 is 0 Å². The van der Waals surface area contributed by atoms with Crippen molar-refractivity contribution in [3.63, 3.8) is 0 Å². The minimum absolute atomic E-state index is 0.0428. The van der Waals surface area contributed by atoms with Crippen molar-refractivity contribution in [2.75, 3.05) is 39.3 Å². The molecule has 32 heavy (non-hydrogen) atoms. The van der Waals surface area contributed by atoms with Crippen molar-refractivity contribution in [2.24, 2.45) is 10.7 Å². The van der Waals surface area contributed by atoms with Crippen molar-refractivity contribution >= 4 is 17.8 Å². The number of benzene rings is 1. The molecule has 1 aliphatic heterocycles. The number of ether oxygens (including phenoxy) is 1. The van der Waals surface area contributed by atoms with E-state index in [-0.39, 0.29) is 5.96 Å². The van der Waals surface area contributed by atoms with Crippen molar-refractivity contribution in [3.05, 3.63) is 29.8 Å². The lowest BCUT2D eigenvalue weighted by atomic mass is 10.1. The number of nitrogens with two attached hydrogens (primary N) is 1. The van der Waals surface area contributed by atoms with Crippen LogP contribution in [0.15, 0.2) is 29.3 Å². The molecule has 1 heterocycles. The highest BCUT2D eigenvalue weighted by atomic mass is 16.5. The summed E-state index contributed by atoms with van der Waals surface area (Å²) in [6.07, 6.45) is 8.52. The van der Waals surface area contributed by atoms with Crippen LogP contribution in [-0.2, 0) is 0 Å². The Bertz CT molecular complexity index is 704. The predicted molar refractivity (Wildman–Crippen MR) is 132 cm³/mol. The Hall–Kier alpha value is -2.97. The summed E-state index contributed by atoms with van der Waals surface area (Å²) in [5.41, 5.74) is 6.34. The Morgan fingerprint density at radius 1 is 0.906 bits per heavy atom. The predicted octanol–water partition coefficient (Wildman–Crippen LogP) is 2.13. The Balaban J connectivity index is 1.40. The molecule has 1 aromatic carbocycles. The van der Waals surface area contributed by atoms with Gasteiger partial charge in [-0.25, -0.2) is 0 Å². The van der Waals surface area contributed by atoms with Crippen LogP contribution in [0.2, 0.25) is 0 Å². The lowest BCUT2D eigenvalue weighted by Gasteiger charge is -2.15. The fourth-order valence-electron chi connectivity index (χ4n) is 3.34. The average Bonchev–Trinajstić information content (AvgIpc) is 2.81. The second-order valence-electron chi connectivity index (χ2n) is 7.93. The summed E-state index contributed by atoms with van der Waals surface area (Å²) < 4.78 is 5.82. The molecule has 0 aromatic heterocycles. The number of aliphatic imine (C=N–C) groups is 1. The first-order chi connectivity index (χ1) is 15.6. The maximum Gasteiger partial charge on any atom is 0.188 e. The van der Waals surface area contributed by atoms with E-state index < -0.39 is 0 Å². The summed E-state index contributed by atoms with van der Waals surface area (Å²) in [5.74, 6) is 2.29. The van der Waals surface area contributed by atoms with Gasteiger partial charge < -0.3 is 31.7 Å². The van der Waals surface area contributed by atoms with Gasteiger partial charge >= 0.3 is 0 Å². The van der Waals surface area contributed by atoms with E-state index in [2.05, 4.69) is 26.3 Å². The van der Waals surface area contributed by atoms with Crippen molar-refractivity contribution in [1.82, 2.24) is 21.3 Å². The third kappa shape index (κ3) is 11.4. The Morgan fingerprint density at radius 2 is 1.53 bits per heavy atom. The highest BCUT2D eigenvalue weighted by Gasteiger charge is 2.06. The second-order valence-corrected chi connectivity index (χ2v) is 7.93. The van der Waals surface area contributed by atoms with Gasteiger partial charge in [0.05, 0.1) is 6.61 Å². The molecule has 0 saturated heterocycles. The normalized spacial score (nSPS) is 12.9. The van der Waals surface area contributed by atoms with Gasteiger partial charge in [-0.1, -0.05) is 19.3 Å². The zero-order valence-corrected chi connectivity index (χ0v) is 19.1. The van der Waals surface area contributed by atoms with Gasteiger partial charge in [0.1, 0.15) is 11.6 Å². The Labute approximate surface area is 192 Å². The van der Waals surface area contributed by atoms with E-state index in [0.29, 0.717) is 12.6 Å². The molecule has 0 saturated carbocycles. The lowest BCUT2D eigenvalue weighted by Crippen LogP contribution is -2.37. The van der Waals surface area contributed by atoms with Crippen LogP contribution in [0.1, 0.15) is 56.9 Å². The third-order valence-electron chi connectivity index (χ3n) is 5.14. The highest BCUT2D eigenvalue weighted by Crippen LogP contribution is 2.13. The van der Waals surface area contributed by atoms with Crippen LogP contribution in [0.4, 0.5) is 0 Å². The molecule has 0 unspecified atom stereocenters. The molecular formula is C23H40N8O. The van der Waals surface area contributed by atoms with Crippen LogP contribution in [-0.4, -0.2) is 57.1 Å². The molecule has 0 aliphatic carbocycles. The van der Waals surface area contributed by atoms with E-state index in [0.717, 1.165) is 101 Å². The summed E-state index contributed by atoms with van der Waals surface area (Å²) >= 11 is 0. The fraction of sp³-hybridized carbons (Fsp3) is 0.609. The number of nitrogens with one attached hydrogen (secondary N) is 6. The number of nitrogens with zero attached hydrogens (tertiary/aromatic N) is 1. The highest BCUT2D eigenvalue weighted by molar-refractivity contribution is 5.99. The summed E-state index contributed by atoms with van der Waals surface area (Å²) in [5, 5.41) is 27.4. The van der Waals surface area contributed by atoms with Crippen molar-refractivity contribution in [1.29, 1.82) is 10.8 Å². The maximum atomic E-state index is 7.91. The van der Waals surface area contributed by atoms with E-state index in [4.69, 9.17) is 21.3 Å². The number of amidine groups is 1. The molecular weight excluding hydrogens is 404 g/mol. The van der Waals surface area contributed by atoms with E-state index in [1.54, 1.807) is 0 Å². The van der Waals surface area contributed by atoms with E-state index in [1.165, 1.54) is 0 Å². The van der Waals surface area contributed by atoms with Crippen LogP contribution in [0.5, 0.6) is 5.75 Å². The first kappa shape index (κ1) is 25.3. The smallest absolute Gasteiger partial charge is 0.188 e.